The first-order valence-corrected chi connectivity index (χ1v) is 13.0. The average molecular weight is 415 g/mol. The van der Waals surface area contributed by atoms with E-state index in [4.69, 9.17) is 0 Å². The first-order chi connectivity index (χ1) is 15.2. The quantitative estimate of drug-likeness (QED) is 0.404. The van der Waals surface area contributed by atoms with E-state index in [0.29, 0.717) is 0 Å². The molecular formula is C31H42. The minimum Gasteiger partial charge on any atom is -0.0985 e. The van der Waals surface area contributed by atoms with Crippen LogP contribution in [0.4, 0.5) is 0 Å². The van der Waals surface area contributed by atoms with Crippen molar-refractivity contribution in [2.24, 2.45) is 23.7 Å². The van der Waals surface area contributed by atoms with E-state index < -0.39 is 0 Å². The van der Waals surface area contributed by atoms with Crippen molar-refractivity contribution < 1.29 is 0 Å². The summed E-state index contributed by atoms with van der Waals surface area (Å²) < 4.78 is 0. The van der Waals surface area contributed by atoms with Crippen molar-refractivity contribution in [1.82, 2.24) is 0 Å². The molecule has 0 spiro atoms. The summed E-state index contributed by atoms with van der Waals surface area (Å²) in [4.78, 5) is 0. The largest absolute Gasteiger partial charge is 0.0985 e. The van der Waals surface area contributed by atoms with Crippen molar-refractivity contribution in [3.63, 3.8) is 0 Å². The summed E-state index contributed by atoms with van der Waals surface area (Å²) in [6.45, 7) is 6.21. The first-order valence-electron chi connectivity index (χ1n) is 13.0. The molecule has 2 aliphatic carbocycles. The van der Waals surface area contributed by atoms with E-state index >= 15 is 0 Å². The highest BCUT2D eigenvalue weighted by Gasteiger charge is 2.26. The van der Waals surface area contributed by atoms with Gasteiger partial charge in [-0.3, -0.25) is 0 Å². The number of hydrogen-bond donors (Lipinski definition) is 0. The predicted octanol–water partition coefficient (Wildman–Crippen LogP) is 8.88. The maximum absolute atomic E-state index is 3.84. The van der Waals surface area contributed by atoms with Crippen LogP contribution in [-0.4, -0.2) is 0 Å². The van der Waals surface area contributed by atoms with Crippen LogP contribution in [0.25, 0.3) is 6.08 Å². The van der Waals surface area contributed by atoms with Gasteiger partial charge in [0.1, 0.15) is 0 Å². The molecule has 2 fully saturated rings. The predicted molar refractivity (Wildman–Crippen MR) is 135 cm³/mol. The van der Waals surface area contributed by atoms with Gasteiger partial charge in [-0.05, 0) is 78.0 Å². The molecule has 31 heavy (non-hydrogen) atoms. The van der Waals surface area contributed by atoms with E-state index in [-0.39, 0.29) is 0 Å². The van der Waals surface area contributed by atoms with Gasteiger partial charge in [0.05, 0.1) is 0 Å². The van der Waals surface area contributed by atoms with Crippen LogP contribution in [0.1, 0.15) is 93.4 Å². The molecular weight excluding hydrogens is 372 g/mol. The Kier molecular flexibility index (Phi) is 8.06. The highest BCUT2D eigenvalue weighted by atomic mass is 14.3. The zero-order valence-corrected chi connectivity index (χ0v) is 19.7. The summed E-state index contributed by atoms with van der Waals surface area (Å²) in [5, 5.41) is 0. The Labute approximate surface area is 191 Å². The topological polar surface area (TPSA) is 0 Å². The van der Waals surface area contributed by atoms with Gasteiger partial charge in [0.2, 0.25) is 0 Å². The molecule has 0 N–H and O–H groups in total. The minimum absolute atomic E-state index is 0.907. The van der Waals surface area contributed by atoms with Crippen LogP contribution >= 0.6 is 0 Å². The Morgan fingerprint density at radius 1 is 0.645 bits per heavy atom. The van der Waals surface area contributed by atoms with Crippen molar-refractivity contribution in [2.75, 3.05) is 0 Å². The third kappa shape index (κ3) is 6.58. The van der Waals surface area contributed by atoms with Crippen molar-refractivity contribution in [3.05, 3.63) is 77.4 Å². The number of hydrogen-bond acceptors (Lipinski definition) is 0. The Morgan fingerprint density at radius 3 is 1.61 bits per heavy atom. The molecule has 166 valence electrons. The minimum atomic E-state index is 0.907. The standard InChI is InChI=1S/C31H42/c1-3-24-5-9-26(10-6-24)21-28-13-17-30(18-14-28)23-31-19-15-29(16-20-31)22-27-11-7-25(4-2)8-12-27/h3,5-6,9-10,13-14,17-18,25,27,29,31H,1,4,7-8,11-12,15-16,19-23H2,2H3. The molecule has 0 nitrogen and oxygen atoms in total. The molecule has 0 atom stereocenters. The van der Waals surface area contributed by atoms with Crippen LogP contribution in [0.5, 0.6) is 0 Å². The third-order valence-electron chi connectivity index (χ3n) is 8.35. The Hall–Kier alpha value is -1.82. The fraction of sp³-hybridized carbons (Fsp3) is 0.548. The maximum atomic E-state index is 3.84. The second-order valence-electron chi connectivity index (χ2n) is 10.6. The molecule has 0 saturated heterocycles. The molecule has 0 radical (unpaired) electrons. The van der Waals surface area contributed by atoms with Crippen molar-refractivity contribution in [2.45, 2.75) is 84.0 Å². The van der Waals surface area contributed by atoms with Gasteiger partial charge in [0, 0.05) is 0 Å². The first kappa shape index (κ1) is 22.4. The number of benzene rings is 2. The van der Waals surface area contributed by atoms with Crippen LogP contribution in [0.3, 0.4) is 0 Å². The van der Waals surface area contributed by atoms with Crippen LogP contribution in [0.2, 0.25) is 0 Å². The second-order valence-corrected chi connectivity index (χ2v) is 10.6. The molecule has 0 heteroatoms. The third-order valence-corrected chi connectivity index (χ3v) is 8.35. The summed E-state index contributed by atoms with van der Waals surface area (Å²) >= 11 is 0. The van der Waals surface area contributed by atoms with E-state index in [2.05, 4.69) is 62.0 Å². The lowest BCUT2D eigenvalue weighted by atomic mass is 9.72. The lowest BCUT2D eigenvalue weighted by Gasteiger charge is -2.34. The molecule has 0 aliphatic heterocycles. The van der Waals surface area contributed by atoms with Gasteiger partial charge in [0.25, 0.3) is 0 Å². The molecule has 2 aromatic rings. The van der Waals surface area contributed by atoms with E-state index in [1.165, 1.54) is 92.9 Å². The molecule has 2 aliphatic rings. The van der Waals surface area contributed by atoms with Gasteiger partial charge in [-0.2, -0.15) is 0 Å². The summed E-state index contributed by atoms with van der Waals surface area (Å²) in [7, 11) is 0. The van der Waals surface area contributed by atoms with Crippen LogP contribution in [-0.2, 0) is 12.8 Å². The molecule has 0 aromatic heterocycles. The van der Waals surface area contributed by atoms with E-state index in [9.17, 15) is 0 Å². The van der Waals surface area contributed by atoms with Gasteiger partial charge in [-0.15, -0.1) is 0 Å². The zero-order valence-electron chi connectivity index (χ0n) is 19.7. The van der Waals surface area contributed by atoms with Gasteiger partial charge in [-0.1, -0.05) is 113 Å². The van der Waals surface area contributed by atoms with Crippen molar-refractivity contribution >= 4 is 6.08 Å². The highest BCUT2D eigenvalue weighted by Crippen LogP contribution is 2.39. The SMILES string of the molecule is C=Cc1ccc(Cc2ccc(CC3CCC(CC4CCC(CC)CC4)CC3)cc2)cc1. The van der Waals surface area contributed by atoms with Crippen molar-refractivity contribution in [1.29, 1.82) is 0 Å². The maximum Gasteiger partial charge on any atom is -0.00258 e. The van der Waals surface area contributed by atoms with Crippen LogP contribution in [0, 0.1) is 23.7 Å². The molecule has 0 heterocycles. The Bertz CT molecular complexity index is 781. The highest BCUT2D eigenvalue weighted by molar-refractivity contribution is 5.47. The van der Waals surface area contributed by atoms with Crippen LogP contribution < -0.4 is 0 Å². The summed E-state index contributed by atoms with van der Waals surface area (Å²) in [5.74, 6) is 4.01. The molecule has 4 rings (SSSR count). The summed E-state index contributed by atoms with van der Waals surface area (Å²) in [6, 6.07) is 18.2. The lowest BCUT2D eigenvalue weighted by Crippen LogP contribution is -2.21. The molecule has 0 amide bonds. The average Bonchev–Trinajstić information content (AvgIpc) is 2.82. The second kappa shape index (κ2) is 11.2. The molecule has 2 aromatic carbocycles. The van der Waals surface area contributed by atoms with Gasteiger partial charge >= 0.3 is 0 Å². The summed E-state index contributed by atoms with van der Waals surface area (Å²) in [5.41, 5.74) is 5.52. The fourth-order valence-corrected chi connectivity index (χ4v) is 6.15. The fourth-order valence-electron chi connectivity index (χ4n) is 6.15. The molecule has 2 saturated carbocycles. The van der Waals surface area contributed by atoms with Gasteiger partial charge in [-0.25, -0.2) is 0 Å². The van der Waals surface area contributed by atoms with E-state index in [0.717, 1.165) is 30.1 Å². The molecule has 0 unspecified atom stereocenters. The smallest absolute Gasteiger partial charge is 0.00258 e. The van der Waals surface area contributed by atoms with Crippen molar-refractivity contribution in [3.8, 4) is 0 Å². The van der Waals surface area contributed by atoms with E-state index in [1.807, 2.05) is 6.08 Å². The number of rotatable bonds is 8. The summed E-state index contributed by atoms with van der Waals surface area (Å²) in [6.07, 6.45) is 19.1. The van der Waals surface area contributed by atoms with Gasteiger partial charge in [0.15, 0.2) is 0 Å². The Balaban J connectivity index is 1.19. The lowest BCUT2D eigenvalue weighted by molar-refractivity contribution is 0.189. The zero-order chi connectivity index (χ0) is 21.5. The normalized spacial score (nSPS) is 26.5. The molecule has 0 bridgehead atoms. The van der Waals surface area contributed by atoms with E-state index in [1.54, 1.807) is 0 Å². The van der Waals surface area contributed by atoms with Gasteiger partial charge < -0.3 is 0 Å². The van der Waals surface area contributed by atoms with Crippen LogP contribution in [0.15, 0.2) is 55.1 Å². The Morgan fingerprint density at radius 2 is 1.10 bits per heavy atom. The monoisotopic (exact) mass is 414 g/mol.